The molecule has 116 valence electrons. The molecule has 0 saturated carbocycles. The molecule has 2 nitrogen and oxygen atoms in total. The molecular formula is C18H32O2. The molecule has 0 spiro atoms. The summed E-state index contributed by atoms with van der Waals surface area (Å²) in [6.07, 6.45) is 8.55. The van der Waals surface area contributed by atoms with E-state index in [9.17, 15) is 0 Å². The molecule has 0 bridgehead atoms. The van der Waals surface area contributed by atoms with Gasteiger partial charge < -0.3 is 9.47 Å². The summed E-state index contributed by atoms with van der Waals surface area (Å²) in [4.78, 5) is 0. The van der Waals surface area contributed by atoms with Gasteiger partial charge in [0.1, 0.15) is 0 Å². The van der Waals surface area contributed by atoms with Crippen LogP contribution in [0.3, 0.4) is 0 Å². The molecule has 0 aromatic rings. The van der Waals surface area contributed by atoms with E-state index in [1.165, 1.54) is 11.1 Å². The lowest BCUT2D eigenvalue weighted by atomic mass is 10.1. The Balaban J connectivity index is 4.06. The predicted octanol–water partition coefficient (Wildman–Crippen LogP) is 5.41. The molecule has 0 unspecified atom stereocenters. The molecule has 0 atom stereocenters. The molecule has 0 amide bonds. The van der Waals surface area contributed by atoms with E-state index >= 15 is 0 Å². The highest BCUT2D eigenvalue weighted by molar-refractivity contribution is 5.05. The van der Waals surface area contributed by atoms with Gasteiger partial charge in [-0.15, -0.1) is 0 Å². The maximum absolute atomic E-state index is 5.54. The van der Waals surface area contributed by atoms with Crippen molar-refractivity contribution in [1.29, 1.82) is 0 Å². The molecule has 0 aliphatic rings. The first-order valence-corrected chi connectivity index (χ1v) is 7.71. The molecule has 0 aliphatic carbocycles. The van der Waals surface area contributed by atoms with Gasteiger partial charge in [-0.25, -0.2) is 0 Å². The van der Waals surface area contributed by atoms with Crippen LogP contribution in [0.2, 0.25) is 0 Å². The van der Waals surface area contributed by atoms with E-state index in [0.29, 0.717) is 13.2 Å². The van der Waals surface area contributed by atoms with Crippen molar-refractivity contribution in [2.75, 3.05) is 13.2 Å². The van der Waals surface area contributed by atoms with Gasteiger partial charge in [-0.2, -0.15) is 0 Å². The van der Waals surface area contributed by atoms with Crippen molar-refractivity contribution in [3.05, 3.63) is 35.5 Å². The average Bonchev–Trinajstić information content (AvgIpc) is 2.38. The van der Waals surface area contributed by atoms with E-state index < -0.39 is 0 Å². The number of hydrogen-bond donors (Lipinski definition) is 0. The molecule has 0 aromatic heterocycles. The predicted molar refractivity (Wildman–Crippen MR) is 87.8 cm³/mol. The summed E-state index contributed by atoms with van der Waals surface area (Å²) < 4.78 is 11.1. The lowest BCUT2D eigenvalue weighted by Crippen LogP contribution is -2.19. The molecule has 20 heavy (non-hydrogen) atoms. The third-order valence-corrected chi connectivity index (χ3v) is 3.02. The highest BCUT2D eigenvalue weighted by Gasteiger charge is 2.11. The fourth-order valence-corrected chi connectivity index (χ4v) is 1.90. The Kier molecular flexibility index (Phi) is 11.4. The van der Waals surface area contributed by atoms with Crippen LogP contribution in [0.5, 0.6) is 0 Å². The molecule has 0 saturated heterocycles. The molecule has 0 N–H and O–H groups in total. The lowest BCUT2D eigenvalue weighted by Gasteiger charge is -2.19. The summed E-state index contributed by atoms with van der Waals surface area (Å²) in [5, 5.41) is 0. The van der Waals surface area contributed by atoms with Gasteiger partial charge in [0.05, 0.1) is 0 Å². The molecule has 0 fully saturated rings. The zero-order valence-electron chi connectivity index (χ0n) is 14.0. The van der Waals surface area contributed by atoms with Crippen molar-refractivity contribution < 1.29 is 9.47 Å². The quantitative estimate of drug-likeness (QED) is 0.372. The van der Waals surface area contributed by atoms with Crippen LogP contribution in [0.15, 0.2) is 35.5 Å². The SMILES string of the molecule is C=C(CC/C=C(\C)CCC=C(C)C)C(OCC)OCC. The van der Waals surface area contributed by atoms with Crippen LogP contribution in [0.1, 0.15) is 60.3 Å². The van der Waals surface area contributed by atoms with Gasteiger partial charge in [0.2, 0.25) is 0 Å². The molecule has 0 radical (unpaired) electrons. The maximum atomic E-state index is 5.54. The largest absolute Gasteiger partial charge is 0.349 e. The minimum atomic E-state index is -0.246. The first-order chi connectivity index (χ1) is 9.51. The highest BCUT2D eigenvalue weighted by atomic mass is 16.7. The zero-order valence-corrected chi connectivity index (χ0v) is 14.0. The Morgan fingerprint density at radius 1 is 0.950 bits per heavy atom. The van der Waals surface area contributed by atoms with Crippen LogP contribution < -0.4 is 0 Å². The van der Waals surface area contributed by atoms with E-state index in [4.69, 9.17) is 9.47 Å². The van der Waals surface area contributed by atoms with Gasteiger partial charge in [0, 0.05) is 13.2 Å². The van der Waals surface area contributed by atoms with Crippen LogP contribution in [-0.2, 0) is 9.47 Å². The summed E-state index contributed by atoms with van der Waals surface area (Å²) in [7, 11) is 0. The smallest absolute Gasteiger partial charge is 0.179 e. The third-order valence-electron chi connectivity index (χ3n) is 3.02. The van der Waals surface area contributed by atoms with E-state index in [1.807, 2.05) is 13.8 Å². The Bertz CT molecular complexity index is 316. The lowest BCUT2D eigenvalue weighted by molar-refractivity contribution is -0.112. The third kappa shape index (κ3) is 9.99. The molecule has 2 heteroatoms. The van der Waals surface area contributed by atoms with Crippen LogP contribution in [0.4, 0.5) is 0 Å². The normalized spacial score (nSPS) is 11.8. The molecule has 0 heterocycles. The van der Waals surface area contributed by atoms with Gasteiger partial charge in [0.15, 0.2) is 6.29 Å². The summed E-state index contributed by atoms with van der Waals surface area (Å²) in [5.74, 6) is 0. The molecular weight excluding hydrogens is 248 g/mol. The summed E-state index contributed by atoms with van der Waals surface area (Å²) in [5.41, 5.74) is 3.86. The van der Waals surface area contributed by atoms with Gasteiger partial charge >= 0.3 is 0 Å². The fraction of sp³-hybridized carbons (Fsp3) is 0.667. The number of rotatable bonds is 11. The fourth-order valence-electron chi connectivity index (χ4n) is 1.90. The second-order valence-corrected chi connectivity index (χ2v) is 5.31. The van der Waals surface area contributed by atoms with Crippen molar-refractivity contribution in [2.45, 2.75) is 66.6 Å². The monoisotopic (exact) mass is 280 g/mol. The number of allylic oxidation sites excluding steroid dienone is 4. The molecule has 0 aromatic carbocycles. The summed E-state index contributed by atoms with van der Waals surface area (Å²) in [6, 6.07) is 0. The Labute approximate surface area is 125 Å². The summed E-state index contributed by atoms with van der Waals surface area (Å²) >= 11 is 0. The van der Waals surface area contributed by atoms with E-state index in [2.05, 4.69) is 39.5 Å². The highest BCUT2D eigenvalue weighted by Crippen LogP contribution is 2.15. The first-order valence-electron chi connectivity index (χ1n) is 7.71. The number of hydrogen-bond acceptors (Lipinski definition) is 2. The van der Waals surface area contributed by atoms with Crippen LogP contribution >= 0.6 is 0 Å². The van der Waals surface area contributed by atoms with Crippen molar-refractivity contribution in [3.8, 4) is 0 Å². The van der Waals surface area contributed by atoms with Crippen LogP contribution in [0.25, 0.3) is 0 Å². The van der Waals surface area contributed by atoms with Crippen molar-refractivity contribution >= 4 is 0 Å². The minimum absolute atomic E-state index is 0.246. The standard InChI is InChI=1S/C18H32O2/c1-7-19-18(20-8-2)17(6)14-10-13-16(5)12-9-11-15(3)4/h11,13,18H,6-10,12,14H2,1-5H3/b16-13+. The average molecular weight is 280 g/mol. The Hall–Kier alpha value is -0.860. The second-order valence-electron chi connectivity index (χ2n) is 5.31. The van der Waals surface area contributed by atoms with Crippen molar-refractivity contribution in [2.24, 2.45) is 0 Å². The first kappa shape index (κ1) is 19.1. The topological polar surface area (TPSA) is 18.5 Å². The Morgan fingerprint density at radius 2 is 1.50 bits per heavy atom. The van der Waals surface area contributed by atoms with Gasteiger partial charge in [-0.1, -0.05) is 29.9 Å². The van der Waals surface area contributed by atoms with Gasteiger partial charge in [0.25, 0.3) is 0 Å². The van der Waals surface area contributed by atoms with Crippen LogP contribution in [0, 0.1) is 0 Å². The van der Waals surface area contributed by atoms with E-state index in [-0.39, 0.29) is 6.29 Å². The Morgan fingerprint density at radius 3 is 2.00 bits per heavy atom. The molecule has 0 rings (SSSR count). The van der Waals surface area contributed by atoms with Crippen molar-refractivity contribution in [3.63, 3.8) is 0 Å². The van der Waals surface area contributed by atoms with Crippen LogP contribution in [-0.4, -0.2) is 19.5 Å². The summed E-state index contributed by atoms with van der Waals surface area (Å²) in [6.45, 7) is 15.8. The van der Waals surface area contributed by atoms with E-state index in [1.54, 1.807) is 0 Å². The molecule has 0 aliphatic heterocycles. The van der Waals surface area contributed by atoms with E-state index in [0.717, 1.165) is 31.3 Å². The maximum Gasteiger partial charge on any atom is 0.179 e. The van der Waals surface area contributed by atoms with Crippen molar-refractivity contribution in [1.82, 2.24) is 0 Å². The van der Waals surface area contributed by atoms with Gasteiger partial charge in [-0.05, 0) is 65.9 Å². The van der Waals surface area contributed by atoms with Gasteiger partial charge in [-0.3, -0.25) is 0 Å². The number of ether oxygens (including phenoxy) is 2. The minimum Gasteiger partial charge on any atom is -0.349 e. The zero-order chi connectivity index (χ0) is 15.4. The second kappa shape index (κ2) is 11.9.